The Bertz CT molecular complexity index is 598. The van der Waals surface area contributed by atoms with Gasteiger partial charge in [-0.1, -0.05) is 18.2 Å². The summed E-state index contributed by atoms with van der Waals surface area (Å²) in [6, 6.07) is 10.3. The van der Waals surface area contributed by atoms with Gasteiger partial charge in [-0.25, -0.2) is 4.68 Å². The van der Waals surface area contributed by atoms with Crippen LogP contribution in [0, 0.1) is 11.8 Å². The average Bonchev–Trinajstić information content (AvgIpc) is 3.17. The molecule has 22 heavy (non-hydrogen) atoms. The number of para-hydroxylation sites is 1. The Hall–Kier alpha value is -1.36. The molecule has 2 fully saturated rings. The van der Waals surface area contributed by atoms with Crippen molar-refractivity contribution in [1.82, 2.24) is 20.0 Å². The Morgan fingerprint density at radius 1 is 1.14 bits per heavy atom. The van der Waals surface area contributed by atoms with E-state index in [0.29, 0.717) is 0 Å². The molecule has 4 rings (SSSR count). The monoisotopic (exact) mass is 318 g/mol. The second kappa shape index (κ2) is 6.82. The van der Waals surface area contributed by atoms with Gasteiger partial charge in [0.05, 0.1) is 11.9 Å². The van der Waals surface area contributed by atoms with E-state index in [2.05, 4.69) is 45.8 Å². The smallest absolute Gasteiger partial charge is 0.0645 e. The fraction of sp³-hybridized carbons (Fsp3) is 0.471. The molecule has 3 heterocycles. The molecule has 1 N–H and O–H groups in total. The molecule has 4 nitrogen and oxygen atoms in total. The minimum atomic E-state index is 0. The van der Waals surface area contributed by atoms with Crippen LogP contribution in [0.3, 0.4) is 0 Å². The summed E-state index contributed by atoms with van der Waals surface area (Å²) in [6.45, 7) is 5.90. The zero-order valence-corrected chi connectivity index (χ0v) is 13.5. The Morgan fingerprint density at radius 3 is 2.82 bits per heavy atom. The first-order valence-corrected chi connectivity index (χ1v) is 7.90. The lowest BCUT2D eigenvalue weighted by atomic mass is 9.88. The lowest BCUT2D eigenvalue weighted by Crippen LogP contribution is -2.39. The van der Waals surface area contributed by atoms with Crippen molar-refractivity contribution in [3.8, 4) is 5.69 Å². The number of halogens is 1. The molecule has 2 aromatic rings. The van der Waals surface area contributed by atoms with Crippen molar-refractivity contribution in [1.29, 1.82) is 0 Å². The third-order valence-corrected chi connectivity index (χ3v) is 4.85. The molecule has 2 atom stereocenters. The van der Waals surface area contributed by atoms with Crippen LogP contribution in [0.5, 0.6) is 0 Å². The van der Waals surface area contributed by atoms with Crippen molar-refractivity contribution in [2.75, 3.05) is 26.2 Å². The van der Waals surface area contributed by atoms with Gasteiger partial charge in [0.25, 0.3) is 0 Å². The number of nitrogens with one attached hydrogen (secondary N) is 1. The number of fused-ring (bicyclic) bond motifs is 1. The van der Waals surface area contributed by atoms with Gasteiger partial charge in [0.2, 0.25) is 0 Å². The number of piperidine rings is 1. The number of likely N-dealkylation sites (tertiary alicyclic amines) is 1. The number of benzene rings is 1. The van der Waals surface area contributed by atoms with Gasteiger partial charge < -0.3 is 5.32 Å². The summed E-state index contributed by atoms with van der Waals surface area (Å²) < 4.78 is 1.97. The van der Waals surface area contributed by atoms with Gasteiger partial charge in [0.15, 0.2) is 0 Å². The first-order chi connectivity index (χ1) is 10.4. The summed E-state index contributed by atoms with van der Waals surface area (Å²) in [4.78, 5) is 2.58. The Labute approximate surface area is 137 Å². The highest BCUT2D eigenvalue weighted by Crippen LogP contribution is 2.27. The van der Waals surface area contributed by atoms with Gasteiger partial charge in [0.1, 0.15) is 0 Å². The lowest BCUT2D eigenvalue weighted by Gasteiger charge is -2.34. The first-order valence-electron chi connectivity index (χ1n) is 7.90. The molecule has 2 unspecified atom stereocenters. The number of rotatable bonds is 3. The third kappa shape index (κ3) is 3.19. The summed E-state index contributed by atoms with van der Waals surface area (Å²) in [5.41, 5.74) is 2.44. The van der Waals surface area contributed by atoms with E-state index >= 15 is 0 Å². The molecule has 118 valence electrons. The van der Waals surface area contributed by atoms with E-state index in [1.165, 1.54) is 38.2 Å². The van der Waals surface area contributed by atoms with Crippen LogP contribution in [0.15, 0.2) is 42.7 Å². The minimum Gasteiger partial charge on any atom is -0.316 e. The zero-order chi connectivity index (χ0) is 14.1. The fourth-order valence-electron chi connectivity index (χ4n) is 3.68. The largest absolute Gasteiger partial charge is 0.316 e. The van der Waals surface area contributed by atoms with E-state index in [-0.39, 0.29) is 12.4 Å². The Balaban J connectivity index is 0.00000144. The standard InChI is InChI=1S/C17H22N4.ClH/c1-2-4-17(5-3-1)21-12-14(8-19-21)11-20-7-6-15-9-18-10-16(15)13-20;/h1-5,8,12,15-16,18H,6-7,9-11,13H2;1H. The van der Waals surface area contributed by atoms with Crippen LogP contribution < -0.4 is 5.32 Å². The number of aromatic nitrogens is 2. The number of hydrogen-bond donors (Lipinski definition) is 1. The molecule has 2 aliphatic rings. The molecular formula is C17H23ClN4. The highest BCUT2D eigenvalue weighted by molar-refractivity contribution is 5.85. The summed E-state index contributed by atoms with van der Waals surface area (Å²) in [7, 11) is 0. The Kier molecular flexibility index (Phi) is 4.81. The quantitative estimate of drug-likeness (QED) is 0.943. The Morgan fingerprint density at radius 2 is 1.95 bits per heavy atom. The molecule has 2 aliphatic heterocycles. The maximum atomic E-state index is 4.50. The molecule has 0 amide bonds. The minimum absolute atomic E-state index is 0. The molecule has 1 aromatic heterocycles. The maximum Gasteiger partial charge on any atom is 0.0645 e. The molecule has 5 heteroatoms. The van der Waals surface area contributed by atoms with Gasteiger partial charge >= 0.3 is 0 Å². The van der Waals surface area contributed by atoms with Crippen LogP contribution in [0.1, 0.15) is 12.0 Å². The van der Waals surface area contributed by atoms with Crippen molar-refractivity contribution in [3.63, 3.8) is 0 Å². The number of hydrogen-bond acceptors (Lipinski definition) is 3. The zero-order valence-electron chi connectivity index (χ0n) is 12.7. The normalized spacial score (nSPS) is 24.7. The van der Waals surface area contributed by atoms with Crippen LogP contribution in [-0.4, -0.2) is 40.9 Å². The third-order valence-electron chi connectivity index (χ3n) is 4.85. The average molecular weight is 319 g/mol. The van der Waals surface area contributed by atoms with E-state index in [4.69, 9.17) is 0 Å². The molecule has 0 aliphatic carbocycles. The summed E-state index contributed by atoms with van der Waals surface area (Å²) in [5.74, 6) is 1.76. The van der Waals surface area contributed by atoms with E-state index in [0.717, 1.165) is 24.1 Å². The SMILES string of the molecule is Cl.c1ccc(-n2cc(CN3CCC4CNCC4C3)cn2)cc1. The molecular weight excluding hydrogens is 296 g/mol. The van der Waals surface area contributed by atoms with Crippen molar-refractivity contribution < 1.29 is 0 Å². The predicted molar refractivity (Wildman–Crippen MR) is 90.6 cm³/mol. The molecule has 0 saturated carbocycles. The van der Waals surface area contributed by atoms with Gasteiger partial charge in [-0.15, -0.1) is 12.4 Å². The van der Waals surface area contributed by atoms with E-state index < -0.39 is 0 Å². The highest BCUT2D eigenvalue weighted by atomic mass is 35.5. The van der Waals surface area contributed by atoms with E-state index in [9.17, 15) is 0 Å². The van der Waals surface area contributed by atoms with E-state index in [1.807, 2.05) is 16.9 Å². The van der Waals surface area contributed by atoms with Crippen molar-refractivity contribution in [2.24, 2.45) is 11.8 Å². The van der Waals surface area contributed by atoms with Gasteiger partial charge in [0, 0.05) is 24.8 Å². The molecule has 2 saturated heterocycles. The second-order valence-electron chi connectivity index (χ2n) is 6.33. The highest BCUT2D eigenvalue weighted by Gasteiger charge is 2.32. The van der Waals surface area contributed by atoms with Gasteiger partial charge in [-0.3, -0.25) is 4.90 Å². The van der Waals surface area contributed by atoms with Crippen LogP contribution in [0.2, 0.25) is 0 Å². The van der Waals surface area contributed by atoms with Crippen LogP contribution in [0.25, 0.3) is 5.69 Å². The van der Waals surface area contributed by atoms with Crippen LogP contribution >= 0.6 is 12.4 Å². The van der Waals surface area contributed by atoms with Crippen molar-refractivity contribution >= 4 is 12.4 Å². The second-order valence-corrected chi connectivity index (χ2v) is 6.33. The molecule has 0 bridgehead atoms. The van der Waals surface area contributed by atoms with Crippen molar-refractivity contribution in [3.05, 3.63) is 48.3 Å². The van der Waals surface area contributed by atoms with Crippen molar-refractivity contribution in [2.45, 2.75) is 13.0 Å². The topological polar surface area (TPSA) is 33.1 Å². The lowest BCUT2D eigenvalue weighted by molar-refractivity contribution is 0.142. The molecule has 1 aromatic carbocycles. The number of nitrogens with zero attached hydrogens (tertiary/aromatic N) is 3. The van der Waals surface area contributed by atoms with E-state index in [1.54, 1.807) is 0 Å². The summed E-state index contributed by atoms with van der Waals surface area (Å²) in [6.07, 6.45) is 5.50. The van der Waals surface area contributed by atoms with Crippen LogP contribution in [-0.2, 0) is 6.54 Å². The fourth-order valence-corrected chi connectivity index (χ4v) is 3.68. The molecule has 0 radical (unpaired) electrons. The predicted octanol–water partition coefficient (Wildman–Crippen LogP) is 2.34. The first kappa shape index (κ1) is 15.5. The maximum absolute atomic E-state index is 4.50. The summed E-state index contributed by atoms with van der Waals surface area (Å²) >= 11 is 0. The van der Waals surface area contributed by atoms with Crippen LogP contribution in [0.4, 0.5) is 0 Å². The summed E-state index contributed by atoms with van der Waals surface area (Å²) in [5, 5.41) is 8.03. The molecule has 0 spiro atoms. The van der Waals surface area contributed by atoms with Gasteiger partial charge in [-0.05, 0) is 50.0 Å². The van der Waals surface area contributed by atoms with Gasteiger partial charge in [-0.2, -0.15) is 5.10 Å².